The van der Waals surface area contributed by atoms with Gasteiger partial charge in [-0.15, -0.1) is 0 Å². The number of anilines is 2. The van der Waals surface area contributed by atoms with E-state index in [4.69, 9.17) is 10.5 Å². The first-order chi connectivity index (χ1) is 8.72. The molecule has 0 saturated heterocycles. The molecule has 0 atom stereocenters. The van der Waals surface area contributed by atoms with Crippen molar-refractivity contribution in [2.24, 2.45) is 0 Å². The van der Waals surface area contributed by atoms with Crippen molar-refractivity contribution < 1.29 is 9.53 Å². The topological polar surface area (TPSA) is 64.3 Å². The Balaban J connectivity index is 2.27. The fourth-order valence-corrected chi connectivity index (χ4v) is 2.79. The number of methoxy groups -OCH3 is 1. The fraction of sp³-hybridized carbons (Fsp3) is 0.308. The predicted molar refractivity (Wildman–Crippen MR) is 75.5 cm³/mol. The Bertz CT molecular complexity index is 486. The molecule has 0 radical (unpaired) electrons. The van der Waals surface area contributed by atoms with Crippen LogP contribution < -0.4 is 11.1 Å². The average Bonchev–Trinajstić information content (AvgIpc) is 2.41. The Morgan fingerprint density at radius 2 is 2.22 bits per heavy atom. The molecule has 2 rings (SSSR count). The van der Waals surface area contributed by atoms with Gasteiger partial charge in [0, 0.05) is 11.4 Å². The highest BCUT2D eigenvalue weighted by atomic mass is 32.2. The van der Waals surface area contributed by atoms with E-state index in [-0.39, 0.29) is 5.97 Å². The molecular formula is C13H16N2O2S. The summed E-state index contributed by atoms with van der Waals surface area (Å²) in [5, 5.41) is 3.25. The Labute approximate surface area is 111 Å². The highest BCUT2D eigenvalue weighted by molar-refractivity contribution is 7.99. The number of nitrogens with one attached hydrogen (secondary N) is 1. The van der Waals surface area contributed by atoms with Crippen molar-refractivity contribution in [3.8, 4) is 0 Å². The van der Waals surface area contributed by atoms with Crippen LogP contribution in [0.2, 0.25) is 0 Å². The number of thioether (sulfide) groups is 1. The summed E-state index contributed by atoms with van der Waals surface area (Å²) in [5.74, 6) is 1.41. The van der Waals surface area contributed by atoms with Gasteiger partial charge in [-0.3, -0.25) is 0 Å². The van der Waals surface area contributed by atoms with Crippen LogP contribution in [0, 0.1) is 0 Å². The van der Waals surface area contributed by atoms with Crippen molar-refractivity contribution in [2.45, 2.75) is 6.42 Å². The third kappa shape index (κ3) is 2.79. The third-order valence-electron chi connectivity index (χ3n) is 2.79. The van der Waals surface area contributed by atoms with Crippen LogP contribution in [-0.2, 0) is 9.53 Å². The molecule has 1 aliphatic heterocycles. The second-order valence-electron chi connectivity index (χ2n) is 3.96. The number of hydrogen-bond donors (Lipinski definition) is 2. The van der Waals surface area contributed by atoms with Crippen molar-refractivity contribution in [1.29, 1.82) is 0 Å². The van der Waals surface area contributed by atoms with Gasteiger partial charge >= 0.3 is 5.97 Å². The molecular weight excluding hydrogens is 248 g/mol. The van der Waals surface area contributed by atoms with Crippen molar-refractivity contribution >= 4 is 29.1 Å². The lowest BCUT2D eigenvalue weighted by Crippen LogP contribution is -2.18. The molecule has 0 unspecified atom stereocenters. The highest BCUT2D eigenvalue weighted by Crippen LogP contribution is 2.27. The number of ether oxygens (including phenoxy) is 1. The summed E-state index contributed by atoms with van der Waals surface area (Å²) >= 11 is 1.74. The summed E-state index contributed by atoms with van der Waals surface area (Å²) in [7, 11) is 1.41. The Kier molecular flexibility index (Phi) is 4.15. The monoisotopic (exact) mass is 264 g/mol. The number of rotatable bonds is 3. The van der Waals surface area contributed by atoms with Gasteiger partial charge in [0.1, 0.15) is 0 Å². The summed E-state index contributed by atoms with van der Waals surface area (Å²) in [4.78, 5) is 11.7. The summed E-state index contributed by atoms with van der Waals surface area (Å²) in [6, 6.07) is 7.53. The first-order valence-corrected chi connectivity index (χ1v) is 6.87. The molecule has 1 aromatic rings. The van der Waals surface area contributed by atoms with Crippen LogP contribution >= 0.6 is 11.8 Å². The number of nitrogens with two attached hydrogens (primary N) is 1. The second-order valence-corrected chi connectivity index (χ2v) is 5.07. The van der Waals surface area contributed by atoms with Crippen molar-refractivity contribution in [1.82, 2.24) is 0 Å². The molecule has 0 aliphatic carbocycles. The lowest BCUT2D eigenvalue weighted by Gasteiger charge is -2.20. The highest BCUT2D eigenvalue weighted by Gasteiger charge is 2.20. The van der Waals surface area contributed by atoms with E-state index >= 15 is 0 Å². The van der Waals surface area contributed by atoms with Gasteiger partial charge in [0.05, 0.1) is 24.1 Å². The van der Waals surface area contributed by atoms with Crippen LogP contribution in [0.1, 0.15) is 6.42 Å². The van der Waals surface area contributed by atoms with Crippen LogP contribution in [0.15, 0.2) is 35.5 Å². The number of nitrogen functional groups attached to an aromatic ring is 1. The quantitative estimate of drug-likeness (QED) is 0.647. The van der Waals surface area contributed by atoms with E-state index in [0.29, 0.717) is 17.0 Å². The molecule has 1 heterocycles. The number of carbonyl (C=O) groups excluding carboxylic acids is 1. The van der Waals surface area contributed by atoms with Crippen molar-refractivity contribution in [2.75, 3.05) is 29.7 Å². The minimum absolute atomic E-state index is 0.265. The predicted octanol–water partition coefficient (Wildman–Crippen LogP) is 2.24. The van der Waals surface area contributed by atoms with Crippen molar-refractivity contribution in [3.05, 3.63) is 35.5 Å². The molecule has 0 fully saturated rings. The van der Waals surface area contributed by atoms with Crippen LogP contribution in [0.25, 0.3) is 0 Å². The van der Waals surface area contributed by atoms with Gasteiger partial charge in [-0.1, -0.05) is 12.1 Å². The number of esters is 1. The summed E-state index contributed by atoms with van der Waals surface area (Å²) in [5.41, 5.74) is 9.01. The lowest BCUT2D eigenvalue weighted by atomic mass is 10.1. The molecule has 0 saturated carbocycles. The molecule has 1 aliphatic rings. The standard InChI is InChI=1S/C13H16N2O2S/c1-17-13(16)9-8-18-7-6-11(9)15-12-5-3-2-4-10(12)14/h2-5,15H,6-8,14H2,1H3. The zero-order valence-electron chi connectivity index (χ0n) is 10.2. The summed E-state index contributed by atoms with van der Waals surface area (Å²) in [6.45, 7) is 0. The second kappa shape index (κ2) is 5.82. The van der Waals surface area contributed by atoms with E-state index in [1.54, 1.807) is 11.8 Å². The van der Waals surface area contributed by atoms with Gasteiger partial charge in [0.15, 0.2) is 0 Å². The van der Waals surface area contributed by atoms with Gasteiger partial charge in [-0.2, -0.15) is 11.8 Å². The van der Waals surface area contributed by atoms with Gasteiger partial charge < -0.3 is 15.8 Å². The first kappa shape index (κ1) is 12.8. The van der Waals surface area contributed by atoms with E-state index in [9.17, 15) is 4.79 Å². The zero-order chi connectivity index (χ0) is 13.0. The van der Waals surface area contributed by atoms with Gasteiger partial charge in [-0.25, -0.2) is 4.79 Å². The van der Waals surface area contributed by atoms with E-state index in [1.165, 1.54) is 7.11 Å². The van der Waals surface area contributed by atoms with Gasteiger partial charge in [0.2, 0.25) is 0 Å². The largest absolute Gasteiger partial charge is 0.466 e. The molecule has 96 valence electrons. The van der Waals surface area contributed by atoms with Gasteiger partial charge in [-0.05, 0) is 24.3 Å². The third-order valence-corrected chi connectivity index (χ3v) is 3.77. The number of hydrogen-bond acceptors (Lipinski definition) is 5. The molecule has 0 amide bonds. The molecule has 4 nitrogen and oxygen atoms in total. The molecule has 18 heavy (non-hydrogen) atoms. The van der Waals surface area contributed by atoms with Crippen molar-refractivity contribution in [3.63, 3.8) is 0 Å². The molecule has 1 aromatic carbocycles. The Morgan fingerprint density at radius 1 is 1.44 bits per heavy atom. The maximum absolute atomic E-state index is 11.7. The van der Waals surface area contributed by atoms with Crippen LogP contribution in [0.3, 0.4) is 0 Å². The normalized spacial score (nSPS) is 15.4. The minimum atomic E-state index is -0.265. The average molecular weight is 264 g/mol. The Hall–Kier alpha value is -1.62. The molecule has 0 spiro atoms. The van der Waals surface area contributed by atoms with Crippen LogP contribution in [0.5, 0.6) is 0 Å². The number of benzene rings is 1. The molecule has 0 bridgehead atoms. The van der Waals surface area contributed by atoms with E-state index in [0.717, 1.165) is 23.6 Å². The van der Waals surface area contributed by atoms with E-state index in [1.807, 2.05) is 24.3 Å². The smallest absolute Gasteiger partial charge is 0.336 e. The maximum Gasteiger partial charge on any atom is 0.336 e. The number of allylic oxidation sites excluding steroid dienone is 1. The molecule has 3 N–H and O–H groups in total. The molecule has 0 aromatic heterocycles. The SMILES string of the molecule is COC(=O)C1=C(Nc2ccccc2N)CCSC1. The summed E-state index contributed by atoms with van der Waals surface area (Å²) in [6.07, 6.45) is 0.823. The summed E-state index contributed by atoms with van der Waals surface area (Å²) < 4.78 is 4.81. The maximum atomic E-state index is 11.7. The van der Waals surface area contributed by atoms with Crippen LogP contribution in [0.4, 0.5) is 11.4 Å². The van der Waals surface area contributed by atoms with E-state index in [2.05, 4.69) is 5.32 Å². The zero-order valence-corrected chi connectivity index (χ0v) is 11.0. The van der Waals surface area contributed by atoms with E-state index < -0.39 is 0 Å². The van der Waals surface area contributed by atoms with Gasteiger partial charge in [0.25, 0.3) is 0 Å². The fourth-order valence-electron chi connectivity index (χ4n) is 1.80. The van der Waals surface area contributed by atoms with Crippen LogP contribution in [-0.4, -0.2) is 24.6 Å². The number of carbonyl (C=O) groups is 1. The Morgan fingerprint density at radius 3 is 2.94 bits per heavy atom. The number of para-hydroxylation sites is 2. The molecule has 5 heteroatoms. The lowest BCUT2D eigenvalue weighted by molar-refractivity contribution is -0.136. The first-order valence-electron chi connectivity index (χ1n) is 5.72. The minimum Gasteiger partial charge on any atom is -0.466 e.